The molecule has 0 unspecified atom stereocenters. The molecular weight excluding hydrogens is 307 g/mol. The molecule has 0 saturated heterocycles. The quantitative estimate of drug-likeness (QED) is 0.694. The Kier molecular flexibility index (Phi) is 7.23. The zero-order chi connectivity index (χ0) is 17.2. The van der Waals surface area contributed by atoms with Gasteiger partial charge in [0.15, 0.2) is 0 Å². The Labute approximate surface area is 142 Å². The third-order valence-electron chi connectivity index (χ3n) is 3.70. The zero-order valence-corrected chi connectivity index (χ0v) is 13.8. The molecule has 0 spiro atoms. The van der Waals surface area contributed by atoms with Gasteiger partial charge in [-0.15, -0.1) is 0 Å². The lowest BCUT2D eigenvalue weighted by Crippen LogP contribution is -2.35. The third-order valence-corrected chi connectivity index (χ3v) is 3.70. The van der Waals surface area contributed by atoms with E-state index in [1.807, 2.05) is 24.3 Å². The van der Waals surface area contributed by atoms with Gasteiger partial charge in [-0.2, -0.15) is 0 Å². The lowest BCUT2D eigenvalue weighted by atomic mass is 10.1. The van der Waals surface area contributed by atoms with Crippen molar-refractivity contribution in [3.63, 3.8) is 0 Å². The number of benzene rings is 2. The minimum absolute atomic E-state index is 0.0380. The Hall–Kier alpha value is -2.40. The van der Waals surface area contributed by atoms with Gasteiger partial charge in [0.25, 0.3) is 0 Å². The number of carbonyl (C=O) groups is 1. The van der Waals surface area contributed by atoms with Gasteiger partial charge in [0.2, 0.25) is 5.91 Å². The number of amides is 1. The van der Waals surface area contributed by atoms with Gasteiger partial charge in [-0.1, -0.05) is 30.3 Å². The normalized spacial score (nSPS) is 10.4. The van der Waals surface area contributed by atoms with E-state index in [-0.39, 0.29) is 18.3 Å². The summed E-state index contributed by atoms with van der Waals surface area (Å²) in [5, 5.41) is 5.97. The molecule has 0 bridgehead atoms. The van der Waals surface area contributed by atoms with Crippen molar-refractivity contribution in [1.82, 2.24) is 10.6 Å². The first-order valence-electron chi connectivity index (χ1n) is 8.03. The fourth-order valence-corrected chi connectivity index (χ4v) is 2.39. The number of hydrogen-bond donors (Lipinski definition) is 2. The first-order chi connectivity index (χ1) is 11.7. The first kappa shape index (κ1) is 17.9. The van der Waals surface area contributed by atoms with Crippen molar-refractivity contribution in [1.29, 1.82) is 0 Å². The topological polar surface area (TPSA) is 50.4 Å². The minimum Gasteiger partial charge on any atom is -0.496 e. The molecule has 0 fully saturated rings. The molecule has 2 aromatic carbocycles. The maximum Gasteiger partial charge on any atom is 0.233 e. The fourth-order valence-electron chi connectivity index (χ4n) is 2.39. The highest BCUT2D eigenvalue weighted by atomic mass is 19.1. The van der Waals surface area contributed by atoms with Crippen LogP contribution in [0, 0.1) is 5.82 Å². The molecule has 0 saturated carbocycles. The Morgan fingerprint density at radius 1 is 1.04 bits per heavy atom. The molecule has 2 rings (SSSR count). The van der Waals surface area contributed by atoms with Crippen LogP contribution in [0.5, 0.6) is 5.75 Å². The van der Waals surface area contributed by atoms with E-state index in [2.05, 4.69) is 10.6 Å². The van der Waals surface area contributed by atoms with Crippen LogP contribution in [-0.2, 0) is 17.6 Å². The molecule has 2 N–H and O–H groups in total. The average molecular weight is 330 g/mol. The van der Waals surface area contributed by atoms with Crippen molar-refractivity contribution >= 4 is 5.91 Å². The van der Waals surface area contributed by atoms with Crippen LogP contribution < -0.4 is 15.4 Å². The van der Waals surface area contributed by atoms with Gasteiger partial charge in [0.05, 0.1) is 13.7 Å². The van der Waals surface area contributed by atoms with Crippen LogP contribution in [0.2, 0.25) is 0 Å². The van der Waals surface area contributed by atoms with Gasteiger partial charge in [-0.05, 0) is 48.7 Å². The van der Waals surface area contributed by atoms with Crippen molar-refractivity contribution in [2.45, 2.75) is 12.8 Å². The fraction of sp³-hybridized carbons (Fsp3) is 0.316. The van der Waals surface area contributed by atoms with Gasteiger partial charge >= 0.3 is 0 Å². The van der Waals surface area contributed by atoms with Crippen LogP contribution in [0.4, 0.5) is 4.39 Å². The summed E-state index contributed by atoms with van der Waals surface area (Å²) in [6.45, 7) is 1.51. The van der Waals surface area contributed by atoms with E-state index in [0.717, 1.165) is 29.7 Å². The molecule has 128 valence electrons. The minimum atomic E-state index is -0.235. The number of nitrogens with one attached hydrogen (secondary N) is 2. The van der Waals surface area contributed by atoms with E-state index in [1.54, 1.807) is 19.2 Å². The molecule has 24 heavy (non-hydrogen) atoms. The molecule has 1 amide bonds. The van der Waals surface area contributed by atoms with E-state index in [4.69, 9.17) is 4.74 Å². The summed E-state index contributed by atoms with van der Waals surface area (Å²) in [6, 6.07) is 14.2. The second-order valence-electron chi connectivity index (χ2n) is 5.47. The number of carbonyl (C=O) groups excluding carboxylic acids is 1. The average Bonchev–Trinajstić information content (AvgIpc) is 2.60. The number of ether oxygens (including phenoxy) is 1. The summed E-state index contributed by atoms with van der Waals surface area (Å²) in [5.41, 5.74) is 2.12. The van der Waals surface area contributed by atoms with E-state index in [0.29, 0.717) is 13.1 Å². The molecule has 0 radical (unpaired) electrons. The van der Waals surface area contributed by atoms with Crippen LogP contribution in [0.1, 0.15) is 11.1 Å². The number of rotatable bonds is 9. The van der Waals surface area contributed by atoms with Crippen LogP contribution in [0.25, 0.3) is 0 Å². The van der Waals surface area contributed by atoms with E-state index in [1.165, 1.54) is 12.1 Å². The maximum absolute atomic E-state index is 12.8. The molecule has 0 heterocycles. The van der Waals surface area contributed by atoms with Crippen LogP contribution in [0.15, 0.2) is 48.5 Å². The van der Waals surface area contributed by atoms with Crippen molar-refractivity contribution in [3.8, 4) is 5.75 Å². The highest BCUT2D eigenvalue weighted by molar-refractivity contribution is 5.77. The summed E-state index contributed by atoms with van der Waals surface area (Å²) in [5.74, 6) is 0.564. The molecule has 4 nitrogen and oxygen atoms in total. The monoisotopic (exact) mass is 330 g/mol. The van der Waals surface area contributed by atoms with Crippen molar-refractivity contribution < 1.29 is 13.9 Å². The zero-order valence-electron chi connectivity index (χ0n) is 13.8. The number of hydrogen-bond acceptors (Lipinski definition) is 3. The first-order valence-corrected chi connectivity index (χ1v) is 8.03. The smallest absolute Gasteiger partial charge is 0.233 e. The second-order valence-corrected chi connectivity index (χ2v) is 5.47. The summed E-state index contributed by atoms with van der Waals surface area (Å²) >= 11 is 0. The molecule has 0 aliphatic heterocycles. The summed E-state index contributed by atoms with van der Waals surface area (Å²) in [7, 11) is 1.64. The highest BCUT2D eigenvalue weighted by Gasteiger charge is 2.04. The maximum atomic E-state index is 12.8. The van der Waals surface area contributed by atoms with Crippen LogP contribution in [0.3, 0.4) is 0 Å². The van der Waals surface area contributed by atoms with E-state index >= 15 is 0 Å². The molecule has 0 aliphatic carbocycles. The van der Waals surface area contributed by atoms with E-state index in [9.17, 15) is 9.18 Å². The predicted molar refractivity (Wildman–Crippen MR) is 92.7 cm³/mol. The number of para-hydroxylation sites is 1. The SMILES string of the molecule is COc1ccccc1CCNC(=O)CNCCc1ccc(F)cc1. The van der Waals surface area contributed by atoms with Crippen molar-refractivity contribution in [2.24, 2.45) is 0 Å². The van der Waals surface area contributed by atoms with Crippen LogP contribution >= 0.6 is 0 Å². The van der Waals surface area contributed by atoms with E-state index < -0.39 is 0 Å². The Morgan fingerprint density at radius 3 is 2.54 bits per heavy atom. The molecule has 0 aliphatic rings. The summed E-state index contributed by atoms with van der Waals surface area (Å²) < 4.78 is 18.1. The van der Waals surface area contributed by atoms with Gasteiger partial charge in [0, 0.05) is 6.54 Å². The Morgan fingerprint density at radius 2 is 1.79 bits per heavy atom. The molecule has 5 heteroatoms. The predicted octanol–water partition coefficient (Wildman–Crippen LogP) is 2.33. The number of halogens is 1. The molecule has 0 aromatic heterocycles. The van der Waals surface area contributed by atoms with Gasteiger partial charge in [0.1, 0.15) is 11.6 Å². The lowest BCUT2D eigenvalue weighted by molar-refractivity contribution is -0.120. The second kappa shape index (κ2) is 9.67. The van der Waals surface area contributed by atoms with Gasteiger partial charge < -0.3 is 15.4 Å². The summed E-state index contributed by atoms with van der Waals surface area (Å²) in [4.78, 5) is 11.8. The third kappa shape index (κ3) is 6.01. The van der Waals surface area contributed by atoms with Crippen LogP contribution in [-0.4, -0.2) is 32.7 Å². The summed E-state index contributed by atoms with van der Waals surface area (Å²) in [6.07, 6.45) is 1.49. The van der Waals surface area contributed by atoms with Gasteiger partial charge in [-0.3, -0.25) is 4.79 Å². The molecular formula is C19H23FN2O2. The molecule has 2 aromatic rings. The van der Waals surface area contributed by atoms with Crippen molar-refractivity contribution in [3.05, 3.63) is 65.5 Å². The number of methoxy groups -OCH3 is 1. The van der Waals surface area contributed by atoms with Crippen molar-refractivity contribution in [2.75, 3.05) is 26.7 Å². The Bertz CT molecular complexity index is 644. The largest absolute Gasteiger partial charge is 0.496 e. The standard InChI is InChI=1S/C19H23FN2O2/c1-24-18-5-3-2-4-16(18)11-13-22-19(23)14-21-12-10-15-6-8-17(20)9-7-15/h2-9,21H,10-14H2,1H3,(H,22,23). The Balaban J connectivity index is 1.60. The highest BCUT2D eigenvalue weighted by Crippen LogP contribution is 2.17. The lowest BCUT2D eigenvalue weighted by Gasteiger charge is -2.09. The molecule has 0 atom stereocenters. The van der Waals surface area contributed by atoms with Gasteiger partial charge in [-0.25, -0.2) is 4.39 Å².